The minimum Gasteiger partial charge on any atom is -0.285 e. The van der Waals surface area contributed by atoms with E-state index < -0.39 is 15.8 Å². The van der Waals surface area contributed by atoms with Crippen LogP contribution in [0, 0.1) is 19.7 Å². The molecule has 0 aliphatic carbocycles. The highest BCUT2D eigenvalue weighted by atomic mass is 32.2. The molecule has 0 radical (unpaired) electrons. The quantitative estimate of drug-likeness (QED) is 0.501. The predicted molar refractivity (Wildman–Crippen MR) is 109 cm³/mol. The molecule has 148 valence electrons. The first-order valence-corrected chi connectivity index (χ1v) is 10.4. The Morgan fingerprint density at radius 3 is 2.55 bits per heavy atom. The molecule has 8 heteroatoms. The summed E-state index contributed by atoms with van der Waals surface area (Å²) < 4.78 is 43.8. The van der Waals surface area contributed by atoms with E-state index in [9.17, 15) is 12.8 Å². The van der Waals surface area contributed by atoms with Crippen LogP contribution in [0.15, 0.2) is 71.8 Å². The van der Waals surface area contributed by atoms with Crippen LogP contribution in [0.2, 0.25) is 0 Å². The molecule has 0 saturated carbocycles. The van der Waals surface area contributed by atoms with Crippen LogP contribution in [0.5, 0.6) is 0 Å². The summed E-state index contributed by atoms with van der Waals surface area (Å²) in [6.07, 6.45) is 1.51. The maximum absolute atomic E-state index is 13.7. The summed E-state index contributed by atoms with van der Waals surface area (Å²) in [5, 5.41) is 7.97. The Bertz CT molecular complexity index is 1300. The van der Waals surface area contributed by atoms with E-state index in [-0.39, 0.29) is 11.4 Å². The van der Waals surface area contributed by atoms with E-state index >= 15 is 0 Å². The van der Waals surface area contributed by atoms with Crippen LogP contribution >= 0.6 is 0 Å². The second-order valence-electron chi connectivity index (χ2n) is 6.82. The lowest BCUT2D eigenvalue weighted by molar-refractivity contribution is 0.589. The van der Waals surface area contributed by atoms with Crippen molar-refractivity contribution in [2.45, 2.75) is 25.3 Å². The molecular formula is C21H19FN4O2S. The number of aryl methyl sites for hydroxylation is 2. The number of hydrogen-bond acceptors (Lipinski definition) is 4. The van der Waals surface area contributed by atoms with Crippen molar-refractivity contribution >= 4 is 21.4 Å². The van der Waals surface area contributed by atoms with Crippen LogP contribution in [-0.2, 0) is 16.6 Å². The summed E-state index contributed by atoms with van der Waals surface area (Å²) in [4.78, 5) is 0.103. The monoisotopic (exact) mass is 410 g/mol. The zero-order valence-electron chi connectivity index (χ0n) is 15.9. The Kier molecular flexibility index (Phi) is 4.79. The van der Waals surface area contributed by atoms with Crippen LogP contribution in [0.25, 0.3) is 5.65 Å². The lowest BCUT2D eigenvalue weighted by atomic mass is 10.2. The number of rotatable bonds is 5. The first kappa shape index (κ1) is 19.1. The van der Waals surface area contributed by atoms with Crippen molar-refractivity contribution in [3.63, 3.8) is 0 Å². The Balaban J connectivity index is 1.84. The summed E-state index contributed by atoms with van der Waals surface area (Å²) in [7, 11) is -3.93. The lowest BCUT2D eigenvalue weighted by Crippen LogP contribution is -2.31. The largest absolute Gasteiger partial charge is 0.285 e. The highest BCUT2D eigenvalue weighted by molar-refractivity contribution is 7.92. The molecule has 2 aromatic heterocycles. The number of pyridine rings is 1. The Labute approximate surface area is 168 Å². The molecule has 0 N–H and O–H groups in total. The number of aromatic nitrogens is 3. The van der Waals surface area contributed by atoms with E-state index in [0.29, 0.717) is 22.7 Å². The van der Waals surface area contributed by atoms with Crippen LogP contribution in [0.3, 0.4) is 0 Å². The number of nitrogens with zero attached hydrogens (tertiary/aromatic N) is 4. The van der Waals surface area contributed by atoms with Crippen molar-refractivity contribution in [3.05, 3.63) is 89.6 Å². The number of fused-ring (bicyclic) bond motifs is 1. The topological polar surface area (TPSA) is 67.6 Å². The highest BCUT2D eigenvalue weighted by Gasteiger charge is 2.26. The zero-order chi connectivity index (χ0) is 20.6. The highest BCUT2D eigenvalue weighted by Crippen LogP contribution is 2.27. The Morgan fingerprint density at radius 1 is 1.00 bits per heavy atom. The molecular weight excluding hydrogens is 391 g/mol. The van der Waals surface area contributed by atoms with Crippen LogP contribution in [0.1, 0.15) is 17.0 Å². The van der Waals surface area contributed by atoms with E-state index in [2.05, 4.69) is 10.2 Å². The number of hydrogen-bond donors (Lipinski definition) is 0. The maximum atomic E-state index is 13.7. The third-order valence-corrected chi connectivity index (χ3v) is 6.40. The third kappa shape index (κ3) is 3.71. The minimum atomic E-state index is -3.93. The van der Waals surface area contributed by atoms with Gasteiger partial charge >= 0.3 is 0 Å². The van der Waals surface area contributed by atoms with Crippen molar-refractivity contribution in [2.24, 2.45) is 0 Å². The van der Waals surface area contributed by atoms with Crippen molar-refractivity contribution in [3.8, 4) is 0 Å². The van der Waals surface area contributed by atoms with Gasteiger partial charge in [0.1, 0.15) is 16.5 Å². The van der Waals surface area contributed by atoms with Gasteiger partial charge in [-0.05, 0) is 61.4 Å². The van der Waals surface area contributed by atoms with E-state index in [1.165, 1.54) is 28.7 Å². The van der Waals surface area contributed by atoms with Crippen LogP contribution in [0.4, 0.5) is 10.1 Å². The Morgan fingerprint density at radius 2 is 1.79 bits per heavy atom. The molecule has 29 heavy (non-hydrogen) atoms. The molecule has 4 rings (SSSR count). The van der Waals surface area contributed by atoms with E-state index in [4.69, 9.17) is 0 Å². The average molecular weight is 410 g/mol. The number of halogens is 1. The molecule has 0 bridgehead atoms. The predicted octanol–water partition coefficient (Wildman–Crippen LogP) is 3.88. The first-order valence-electron chi connectivity index (χ1n) is 9.00. The van der Waals surface area contributed by atoms with E-state index in [1.54, 1.807) is 47.7 Å². The molecule has 6 nitrogen and oxygen atoms in total. The van der Waals surface area contributed by atoms with Gasteiger partial charge in [0.05, 0.1) is 12.2 Å². The molecule has 0 aliphatic rings. The lowest BCUT2D eigenvalue weighted by Gasteiger charge is -2.25. The molecule has 0 spiro atoms. The summed E-state index contributed by atoms with van der Waals surface area (Å²) in [6.45, 7) is 3.65. The van der Waals surface area contributed by atoms with Crippen LogP contribution < -0.4 is 4.31 Å². The molecule has 0 amide bonds. The van der Waals surface area contributed by atoms with E-state index in [1.807, 2.05) is 13.0 Å². The van der Waals surface area contributed by atoms with Crippen molar-refractivity contribution in [2.75, 3.05) is 4.31 Å². The SMILES string of the molecule is Cc1cccc(N(Cc2cccc(F)c2)S(=O)(=O)c2ccc3nnc(C)n3c2)c1. The van der Waals surface area contributed by atoms with Gasteiger partial charge in [-0.25, -0.2) is 12.8 Å². The van der Waals surface area contributed by atoms with Gasteiger partial charge in [0.15, 0.2) is 5.65 Å². The van der Waals surface area contributed by atoms with Crippen LogP contribution in [-0.4, -0.2) is 23.0 Å². The number of anilines is 1. The maximum Gasteiger partial charge on any atom is 0.266 e. The van der Waals surface area contributed by atoms with Gasteiger partial charge in [0.2, 0.25) is 0 Å². The normalized spacial score (nSPS) is 11.7. The second-order valence-corrected chi connectivity index (χ2v) is 8.68. The van der Waals surface area contributed by atoms with Gasteiger partial charge in [-0.1, -0.05) is 24.3 Å². The smallest absolute Gasteiger partial charge is 0.266 e. The molecule has 0 unspecified atom stereocenters. The summed E-state index contributed by atoms with van der Waals surface area (Å²) in [5.74, 6) is 0.176. The molecule has 0 aliphatic heterocycles. The van der Waals surface area contributed by atoms with Gasteiger partial charge in [-0.2, -0.15) is 0 Å². The molecule has 0 atom stereocenters. The second kappa shape index (κ2) is 7.29. The minimum absolute atomic E-state index is 0.00272. The molecule has 2 heterocycles. The van der Waals surface area contributed by atoms with Crippen molar-refractivity contribution in [1.29, 1.82) is 0 Å². The van der Waals surface area contributed by atoms with Crippen molar-refractivity contribution in [1.82, 2.24) is 14.6 Å². The fourth-order valence-electron chi connectivity index (χ4n) is 3.16. The zero-order valence-corrected chi connectivity index (χ0v) is 16.8. The molecule has 0 fully saturated rings. The summed E-state index contributed by atoms with van der Waals surface area (Å²) in [6, 6.07) is 16.3. The van der Waals surface area contributed by atoms with Crippen molar-refractivity contribution < 1.29 is 12.8 Å². The van der Waals surface area contributed by atoms with Gasteiger partial charge in [0, 0.05) is 6.20 Å². The van der Waals surface area contributed by atoms with E-state index in [0.717, 1.165) is 5.56 Å². The molecule has 4 aromatic rings. The number of benzene rings is 2. The molecule has 2 aromatic carbocycles. The number of sulfonamides is 1. The summed E-state index contributed by atoms with van der Waals surface area (Å²) >= 11 is 0. The Hall–Kier alpha value is -3.26. The summed E-state index contributed by atoms with van der Waals surface area (Å²) in [5.41, 5.74) is 2.55. The average Bonchev–Trinajstić information content (AvgIpc) is 3.06. The first-order chi connectivity index (χ1) is 13.8. The fourth-order valence-corrected chi connectivity index (χ4v) is 4.61. The van der Waals surface area contributed by atoms with Gasteiger partial charge in [-0.15, -0.1) is 10.2 Å². The van der Waals surface area contributed by atoms with Gasteiger partial charge in [0.25, 0.3) is 10.0 Å². The standard InChI is InChI=1S/C21H19FN4O2S/c1-15-5-3-8-19(11-15)26(13-17-6-4-7-18(22)12-17)29(27,28)20-9-10-21-24-23-16(2)25(21)14-20/h3-12,14H,13H2,1-2H3. The van der Waals surface area contributed by atoms with Gasteiger partial charge in [-0.3, -0.25) is 8.71 Å². The fraction of sp³-hybridized carbons (Fsp3) is 0.143. The third-order valence-electron chi connectivity index (χ3n) is 4.64. The van der Waals surface area contributed by atoms with Gasteiger partial charge < -0.3 is 0 Å². The molecule has 0 saturated heterocycles.